The van der Waals surface area contributed by atoms with Crippen LogP contribution in [0, 0.1) is 0 Å². The average Bonchev–Trinajstić information content (AvgIpc) is 2.93. The van der Waals surface area contributed by atoms with Crippen molar-refractivity contribution in [3.8, 4) is 0 Å². The van der Waals surface area contributed by atoms with Gasteiger partial charge < -0.3 is 16.2 Å². The zero-order chi connectivity index (χ0) is 13.7. The summed E-state index contributed by atoms with van der Waals surface area (Å²) in [4.78, 5) is 10.1. The van der Waals surface area contributed by atoms with E-state index in [2.05, 4.69) is 17.4 Å². The van der Waals surface area contributed by atoms with Crippen molar-refractivity contribution in [3.05, 3.63) is 42.5 Å². The first-order valence-electron chi connectivity index (χ1n) is 6.37. The molecule has 0 bridgehead atoms. The normalized spacial score (nSPS) is 17.8. The molecule has 19 heavy (non-hydrogen) atoms. The third-order valence-corrected chi connectivity index (χ3v) is 3.13. The van der Waals surface area contributed by atoms with Gasteiger partial charge in [-0.3, -0.25) is 4.79 Å². The molecular formula is C15H18N2O2. The van der Waals surface area contributed by atoms with Crippen LogP contribution in [-0.4, -0.2) is 23.7 Å². The number of nitrogens with two attached hydrogens (primary N) is 1. The quantitative estimate of drug-likeness (QED) is 0.686. The molecule has 1 saturated heterocycles. The molecule has 0 amide bonds. The maximum atomic E-state index is 10.1. The summed E-state index contributed by atoms with van der Waals surface area (Å²) in [6, 6.07) is 13.8. The first-order valence-corrected chi connectivity index (χ1v) is 6.37. The fourth-order valence-corrected chi connectivity index (χ4v) is 2.10. The Bertz CT molecular complexity index is 563. The monoisotopic (exact) mass is 258 g/mol. The number of hydrogen-bond acceptors (Lipinski definition) is 3. The van der Waals surface area contributed by atoms with Crippen molar-refractivity contribution in [2.24, 2.45) is 0 Å². The van der Waals surface area contributed by atoms with Crippen molar-refractivity contribution in [2.75, 3.05) is 12.3 Å². The molecule has 4 N–H and O–H groups in total. The van der Waals surface area contributed by atoms with E-state index in [1.807, 2.05) is 30.3 Å². The number of hydrogen-bond donors (Lipinski definition) is 3. The molecule has 2 aromatic carbocycles. The van der Waals surface area contributed by atoms with Crippen LogP contribution < -0.4 is 11.1 Å². The molecule has 0 aromatic heterocycles. The molecule has 1 atom stereocenters. The largest absolute Gasteiger partial charge is 0.480 e. The number of nitrogens with one attached hydrogen (secondary N) is 1. The summed E-state index contributed by atoms with van der Waals surface area (Å²) in [6.07, 6.45) is 1.78. The number of carboxylic acid groups (broad SMARTS) is 1. The number of rotatable bonds is 1. The van der Waals surface area contributed by atoms with Crippen LogP contribution in [0.4, 0.5) is 5.69 Å². The molecule has 0 aliphatic carbocycles. The van der Waals surface area contributed by atoms with Crippen molar-refractivity contribution in [2.45, 2.75) is 18.9 Å². The molecule has 0 unspecified atom stereocenters. The summed E-state index contributed by atoms with van der Waals surface area (Å²) in [5, 5.41) is 13.6. The Balaban J connectivity index is 0.000000148. The van der Waals surface area contributed by atoms with Gasteiger partial charge in [-0.15, -0.1) is 0 Å². The van der Waals surface area contributed by atoms with Gasteiger partial charge in [-0.1, -0.05) is 30.3 Å². The van der Waals surface area contributed by atoms with E-state index in [-0.39, 0.29) is 6.04 Å². The van der Waals surface area contributed by atoms with Gasteiger partial charge in [-0.2, -0.15) is 0 Å². The third-order valence-electron chi connectivity index (χ3n) is 3.13. The van der Waals surface area contributed by atoms with E-state index in [1.165, 1.54) is 10.8 Å². The first kappa shape index (κ1) is 13.4. The summed E-state index contributed by atoms with van der Waals surface area (Å²) >= 11 is 0. The Kier molecular flexibility index (Phi) is 4.36. The average molecular weight is 258 g/mol. The Hall–Kier alpha value is -2.07. The second-order valence-corrected chi connectivity index (χ2v) is 4.59. The van der Waals surface area contributed by atoms with E-state index < -0.39 is 5.97 Å². The third kappa shape index (κ3) is 3.69. The first-order chi connectivity index (χ1) is 9.16. The second kappa shape index (κ2) is 6.20. The van der Waals surface area contributed by atoms with Gasteiger partial charge in [0, 0.05) is 5.69 Å². The van der Waals surface area contributed by atoms with Crippen molar-refractivity contribution in [3.63, 3.8) is 0 Å². The summed E-state index contributed by atoms with van der Waals surface area (Å²) in [5.74, 6) is -0.720. The lowest BCUT2D eigenvalue weighted by molar-refractivity contribution is -0.139. The molecule has 2 aromatic rings. The van der Waals surface area contributed by atoms with Gasteiger partial charge in [0.1, 0.15) is 6.04 Å². The molecule has 3 rings (SSSR count). The highest BCUT2D eigenvalue weighted by Crippen LogP contribution is 2.15. The number of fused-ring (bicyclic) bond motifs is 1. The smallest absolute Gasteiger partial charge is 0.320 e. The summed E-state index contributed by atoms with van der Waals surface area (Å²) in [6.45, 7) is 0.858. The topological polar surface area (TPSA) is 75.4 Å². The lowest BCUT2D eigenvalue weighted by Crippen LogP contribution is -2.29. The van der Waals surface area contributed by atoms with Crippen LogP contribution in [-0.2, 0) is 4.79 Å². The van der Waals surface area contributed by atoms with Gasteiger partial charge in [0.25, 0.3) is 0 Å². The fourth-order valence-electron chi connectivity index (χ4n) is 2.10. The van der Waals surface area contributed by atoms with Crippen LogP contribution in [0.15, 0.2) is 42.5 Å². The number of nitrogen functional groups attached to an aromatic ring is 1. The minimum Gasteiger partial charge on any atom is -0.480 e. The lowest BCUT2D eigenvalue weighted by Gasteiger charge is -1.99. The zero-order valence-electron chi connectivity index (χ0n) is 10.7. The highest BCUT2D eigenvalue weighted by Gasteiger charge is 2.20. The van der Waals surface area contributed by atoms with Gasteiger partial charge in [-0.05, 0) is 42.3 Å². The summed E-state index contributed by atoms with van der Waals surface area (Å²) in [7, 11) is 0. The van der Waals surface area contributed by atoms with E-state index in [0.717, 1.165) is 25.1 Å². The zero-order valence-corrected chi connectivity index (χ0v) is 10.7. The van der Waals surface area contributed by atoms with Crippen molar-refractivity contribution < 1.29 is 9.90 Å². The van der Waals surface area contributed by atoms with Crippen LogP contribution in [0.2, 0.25) is 0 Å². The summed E-state index contributed by atoms with van der Waals surface area (Å²) < 4.78 is 0. The van der Waals surface area contributed by atoms with E-state index in [1.54, 1.807) is 0 Å². The fraction of sp³-hybridized carbons (Fsp3) is 0.267. The highest BCUT2D eigenvalue weighted by molar-refractivity contribution is 5.85. The van der Waals surface area contributed by atoms with Gasteiger partial charge in [0.15, 0.2) is 0 Å². The number of aliphatic carboxylic acids is 1. The number of carboxylic acids is 1. The Morgan fingerprint density at radius 2 is 1.95 bits per heavy atom. The molecule has 0 saturated carbocycles. The van der Waals surface area contributed by atoms with Crippen LogP contribution in [0.1, 0.15) is 12.8 Å². The predicted octanol–water partition coefficient (Wildman–Crippen LogP) is 2.25. The van der Waals surface area contributed by atoms with E-state index in [0.29, 0.717) is 0 Å². The van der Waals surface area contributed by atoms with E-state index in [9.17, 15) is 4.79 Å². The molecule has 1 fully saturated rings. The van der Waals surface area contributed by atoms with Gasteiger partial charge in [0.2, 0.25) is 0 Å². The molecule has 0 spiro atoms. The Morgan fingerprint density at radius 3 is 2.53 bits per heavy atom. The number of anilines is 1. The van der Waals surface area contributed by atoms with Gasteiger partial charge in [-0.25, -0.2) is 0 Å². The minimum atomic E-state index is -0.720. The molecule has 4 heteroatoms. The van der Waals surface area contributed by atoms with Crippen molar-refractivity contribution in [1.82, 2.24) is 5.32 Å². The van der Waals surface area contributed by atoms with Gasteiger partial charge in [0.05, 0.1) is 0 Å². The minimum absolute atomic E-state index is 0.269. The molecule has 1 aliphatic rings. The SMILES string of the molecule is Nc1ccc2ccccc2c1.O=C(O)[C@@H]1CCCN1. The maximum absolute atomic E-state index is 10.1. The molecule has 0 radical (unpaired) electrons. The van der Waals surface area contributed by atoms with Crippen LogP contribution >= 0.6 is 0 Å². The van der Waals surface area contributed by atoms with Crippen LogP contribution in [0.25, 0.3) is 10.8 Å². The maximum Gasteiger partial charge on any atom is 0.320 e. The van der Waals surface area contributed by atoms with E-state index >= 15 is 0 Å². The Morgan fingerprint density at radius 1 is 1.21 bits per heavy atom. The molecule has 4 nitrogen and oxygen atoms in total. The lowest BCUT2D eigenvalue weighted by atomic mass is 10.1. The van der Waals surface area contributed by atoms with Gasteiger partial charge >= 0.3 is 5.97 Å². The number of benzene rings is 2. The Labute approximate surface area is 112 Å². The second-order valence-electron chi connectivity index (χ2n) is 4.59. The molecular weight excluding hydrogens is 240 g/mol. The molecule has 1 heterocycles. The summed E-state index contributed by atoms with van der Waals surface area (Å²) in [5.41, 5.74) is 6.45. The van der Waals surface area contributed by atoms with Crippen LogP contribution in [0.5, 0.6) is 0 Å². The van der Waals surface area contributed by atoms with Crippen molar-refractivity contribution in [1.29, 1.82) is 0 Å². The van der Waals surface area contributed by atoms with E-state index in [4.69, 9.17) is 10.8 Å². The standard InChI is InChI=1S/C10H9N.C5H9NO2/c11-10-6-5-8-3-1-2-4-9(8)7-10;7-5(8)4-2-1-3-6-4/h1-7H,11H2;4,6H,1-3H2,(H,7,8)/t;4-/m.0/s1. The van der Waals surface area contributed by atoms with Crippen LogP contribution in [0.3, 0.4) is 0 Å². The molecule has 100 valence electrons. The number of carbonyl (C=O) groups is 1. The molecule has 1 aliphatic heterocycles. The van der Waals surface area contributed by atoms with Crippen molar-refractivity contribution >= 4 is 22.4 Å². The predicted molar refractivity (Wildman–Crippen MR) is 77.0 cm³/mol. The highest BCUT2D eigenvalue weighted by atomic mass is 16.4.